The third-order valence-corrected chi connectivity index (χ3v) is 4.33. The average Bonchev–Trinajstić information content (AvgIpc) is 2.65. The molecular weight excluding hydrogens is 340 g/mol. The third-order valence-electron chi connectivity index (χ3n) is 4.13. The Balaban J connectivity index is 1.49. The maximum atomic E-state index is 12.3. The summed E-state index contributed by atoms with van der Waals surface area (Å²) in [6, 6.07) is 9.17. The van der Waals surface area contributed by atoms with Crippen LogP contribution in [0.3, 0.4) is 0 Å². The molecule has 1 heterocycles. The van der Waals surface area contributed by atoms with Crippen molar-refractivity contribution in [1.29, 1.82) is 5.26 Å². The second-order valence-electron chi connectivity index (χ2n) is 5.94. The van der Waals surface area contributed by atoms with Gasteiger partial charge < -0.3 is 10.1 Å². The van der Waals surface area contributed by atoms with E-state index >= 15 is 0 Å². The number of nitrogens with zero attached hydrogens (tertiary/aromatic N) is 3. The first-order valence-corrected chi connectivity index (χ1v) is 8.47. The molecule has 1 aliphatic rings. The molecular formula is C18H17ClN4O2. The summed E-state index contributed by atoms with van der Waals surface area (Å²) in [7, 11) is 0. The quantitative estimate of drug-likeness (QED) is 0.909. The summed E-state index contributed by atoms with van der Waals surface area (Å²) < 4.78 is 5.75. The van der Waals surface area contributed by atoms with Crippen LogP contribution >= 0.6 is 11.6 Å². The van der Waals surface area contributed by atoms with Crippen molar-refractivity contribution in [3.63, 3.8) is 0 Å². The highest BCUT2D eigenvalue weighted by molar-refractivity contribution is 6.30. The van der Waals surface area contributed by atoms with Gasteiger partial charge in [0.25, 0.3) is 5.91 Å². The summed E-state index contributed by atoms with van der Waals surface area (Å²) in [5.74, 6) is -0.150. The van der Waals surface area contributed by atoms with Gasteiger partial charge in [-0.3, -0.25) is 4.79 Å². The number of carbonyl (C=O) groups excluding carboxylic acids is 1. The first-order valence-electron chi connectivity index (χ1n) is 8.09. The topological polar surface area (TPSA) is 87.9 Å². The standard InChI is InChI=1S/C18H17ClN4O2/c19-14-10-21-18(22-11-14)25-16-6-4-15(5-7-16)23-17(24)13-3-1-2-12(8-13)9-20/h1-3,8,10-11,15-16H,4-7H2,(H,23,24). The molecule has 25 heavy (non-hydrogen) atoms. The minimum absolute atomic E-state index is 0.0382. The van der Waals surface area contributed by atoms with E-state index in [-0.39, 0.29) is 18.1 Å². The third kappa shape index (κ3) is 4.68. The maximum absolute atomic E-state index is 12.3. The van der Waals surface area contributed by atoms with Crippen molar-refractivity contribution >= 4 is 17.5 Å². The van der Waals surface area contributed by atoms with Crippen LogP contribution in [0.4, 0.5) is 0 Å². The fraction of sp³-hybridized carbons (Fsp3) is 0.333. The van der Waals surface area contributed by atoms with Gasteiger partial charge in [-0.05, 0) is 43.9 Å². The molecule has 1 aromatic heterocycles. The van der Waals surface area contributed by atoms with Crippen molar-refractivity contribution in [2.24, 2.45) is 0 Å². The van der Waals surface area contributed by atoms with E-state index in [1.54, 1.807) is 24.3 Å². The van der Waals surface area contributed by atoms with Crippen LogP contribution in [0.2, 0.25) is 5.02 Å². The average molecular weight is 357 g/mol. The number of amides is 1. The van der Waals surface area contributed by atoms with Crippen LogP contribution in [0.5, 0.6) is 6.01 Å². The van der Waals surface area contributed by atoms with E-state index < -0.39 is 0 Å². The van der Waals surface area contributed by atoms with Crippen LogP contribution in [0, 0.1) is 11.3 Å². The predicted molar refractivity (Wildman–Crippen MR) is 92.3 cm³/mol. The van der Waals surface area contributed by atoms with Crippen LogP contribution in [0.15, 0.2) is 36.7 Å². The zero-order valence-electron chi connectivity index (χ0n) is 13.5. The second-order valence-corrected chi connectivity index (χ2v) is 6.38. The lowest BCUT2D eigenvalue weighted by molar-refractivity contribution is 0.0885. The van der Waals surface area contributed by atoms with E-state index in [0.717, 1.165) is 25.7 Å². The number of benzene rings is 1. The largest absolute Gasteiger partial charge is 0.460 e. The van der Waals surface area contributed by atoms with Crippen LogP contribution in [0.25, 0.3) is 0 Å². The van der Waals surface area contributed by atoms with Gasteiger partial charge in [0.2, 0.25) is 0 Å². The Hall–Kier alpha value is -2.65. The monoisotopic (exact) mass is 356 g/mol. The number of nitriles is 1. The molecule has 7 heteroatoms. The van der Waals surface area contributed by atoms with E-state index in [2.05, 4.69) is 15.3 Å². The molecule has 0 radical (unpaired) electrons. The Kier molecular flexibility index (Phi) is 5.46. The molecule has 1 fully saturated rings. The fourth-order valence-corrected chi connectivity index (χ4v) is 2.93. The predicted octanol–water partition coefficient (Wildman–Crippen LogP) is 3.12. The van der Waals surface area contributed by atoms with Crippen molar-refractivity contribution in [3.8, 4) is 12.1 Å². The van der Waals surface area contributed by atoms with Gasteiger partial charge in [0.1, 0.15) is 6.10 Å². The second kappa shape index (κ2) is 7.95. The van der Waals surface area contributed by atoms with Gasteiger partial charge in [-0.2, -0.15) is 5.26 Å². The Morgan fingerprint density at radius 2 is 1.96 bits per heavy atom. The Labute approximate surface area is 150 Å². The molecule has 2 aromatic rings. The SMILES string of the molecule is N#Cc1cccc(C(=O)NC2CCC(Oc3ncc(Cl)cn3)CC2)c1. The summed E-state index contributed by atoms with van der Waals surface area (Å²) in [4.78, 5) is 20.4. The molecule has 3 rings (SSSR count). The number of rotatable bonds is 4. The first kappa shape index (κ1) is 17.2. The number of aromatic nitrogens is 2. The molecule has 0 aliphatic heterocycles. The molecule has 1 aromatic carbocycles. The highest BCUT2D eigenvalue weighted by Gasteiger charge is 2.24. The van der Waals surface area contributed by atoms with Gasteiger partial charge in [-0.15, -0.1) is 0 Å². The van der Waals surface area contributed by atoms with Crippen LogP contribution in [-0.4, -0.2) is 28.0 Å². The molecule has 0 spiro atoms. The molecule has 0 unspecified atom stereocenters. The number of hydrogen-bond donors (Lipinski definition) is 1. The van der Waals surface area contributed by atoms with Crippen molar-refractivity contribution in [2.75, 3.05) is 0 Å². The molecule has 6 nitrogen and oxygen atoms in total. The van der Waals surface area contributed by atoms with Crippen LogP contribution < -0.4 is 10.1 Å². The molecule has 1 aliphatic carbocycles. The van der Waals surface area contributed by atoms with Gasteiger partial charge in [0.15, 0.2) is 0 Å². The van der Waals surface area contributed by atoms with Crippen molar-refractivity contribution in [1.82, 2.24) is 15.3 Å². The number of nitrogens with one attached hydrogen (secondary N) is 1. The maximum Gasteiger partial charge on any atom is 0.316 e. The normalized spacial score (nSPS) is 19.7. The minimum atomic E-state index is -0.150. The van der Waals surface area contributed by atoms with E-state index in [4.69, 9.17) is 21.6 Å². The van der Waals surface area contributed by atoms with Gasteiger partial charge in [-0.1, -0.05) is 17.7 Å². The molecule has 0 saturated heterocycles. The molecule has 128 valence electrons. The van der Waals surface area contributed by atoms with Gasteiger partial charge in [-0.25, -0.2) is 9.97 Å². The highest BCUT2D eigenvalue weighted by atomic mass is 35.5. The van der Waals surface area contributed by atoms with E-state index in [9.17, 15) is 4.79 Å². The molecule has 0 bridgehead atoms. The van der Waals surface area contributed by atoms with E-state index in [0.29, 0.717) is 22.2 Å². The smallest absolute Gasteiger partial charge is 0.316 e. The zero-order valence-corrected chi connectivity index (χ0v) is 14.2. The lowest BCUT2D eigenvalue weighted by Gasteiger charge is -2.28. The van der Waals surface area contributed by atoms with Crippen molar-refractivity contribution in [3.05, 3.63) is 52.8 Å². The van der Waals surface area contributed by atoms with Gasteiger partial charge in [0.05, 0.1) is 29.0 Å². The summed E-state index contributed by atoms with van der Waals surface area (Å²) in [5.41, 5.74) is 0.986. The molecule has 1 N–H and O–H groups in total. The number of ether oxygens (including phenoxy) is 1. The highest BCUT2D eigenvalue weighted by Crippen LogP contribution is 2.22. The van der Waals surface area contributed by atoms with E-state index in [1.807, 2.05) is 6.07 Å². The molecule has 0 atom stereocenters. The summed E-state index contributed by atoms with van der Waals surface area (Å²) in [5, 5.41) is 12.4. The summed E-state index contributed by atoms with van der Waals surface area (Å²) in [6.07, 6.45) is 6.32. The summed E-state index contributed by atoms with van der Waals surface area (Å²) >= 11 is 5.75. The number of halogens is 1. The first-order chi connectivity index (χ1) is 12.1. The van der Waals surface area contributed by atoms with E-state index in [1.165, 1.54) is 12.4 Å². The Morgan fingerprint density at radius 3 is 2.64 bits per heavy atom. The van der Waals surface area contributed by atoms with Crippen LogP contribution in [-0.2, 0) is 0 Å². The van der Waals surface area contributed by atoms with Gasteiger partial charge in [0, 0.05) is 11.6 Å². The molecule has 1 amide bonds. The fourth-order valence-electron chi connectivity index (χ4n) is 2.83. The Bertz CT molecular complexity index is 780. The number of carbonyl (C=O) groups is 1. The zero-order chi connectivity index (χ0) is 17.6. The number of hydrogen-bond acceptors (Lipinski definition) is 5. The van der Waals surface area contributed by atoms with Gasteiger partial charge >= 0.3 is 6.01 Å². The minimum Gasteiger partial charge on any atom is -0.460 e. The Morgan fingerprint density at radius 1 is 1.24 bits per heavy atom. The van der Waals surface area contributed by atoms with Crippen LogP contribution in [0.1, 0.15) is 41.6 Å². The summed E-state index contributed by atoms with van der Waals surface area (Å²) in [6.45, 7) is 0. The lowest BCUT2D eigenvalue weighted by atomic mass is 9.92. The van der Waals surface area contributed by atoms with Crippen molar-refractivity contribution in [2.45, 2.75) is 37.8 Å². The lowest BCUT2D eigenvalue weighted by Crippen LogP contribution is -2.39. The van der Waals surface area contributed by atoms with Crippen molar-refractivity contribution < 1.29 is 9.53 Å². The molecule has 1 saturated carbocycles.